The summed E-state index contributed by atoms with van der Waals surface area (Å²) in [4.78, 5) is 21.3. The zero-order valence-electron chi connectivity index (χ0n) is 14.4. The quantitative estimate of drug-likeness (QED) is 0.724. The van der Waals surface area contributed by atoms with Crippen molar-refractivity contribution in [1.29, 1.82) is 0 Å². The van der Waals surface area contributed by atoms with E-state index >= 15 is 0 Å². The first-order valence-corrected chi connectivity index (χ1v) is 8.74. The number of imidazole rings is 1. The van der Waals surface area contributed by atoms with Crippen LogP contribution in [0.25, 0.3) is 21.9 Å². The maximum absolute atomic E-state index is 12.0. The highest BCUT2D eigenvalue weighted by molar-refractivity contribution is 6.02. The fraction of sp³-hybridized carbons (Fsp3) is 0.421. The third-order valence-electron chi connectivity index (χ3n) is 4.17. The molecule has 1 N–H and O–H groups in total. The molecule has 0 saturated carbocycles. The molecule has 0 fully saturated rings. The van der Waals surface area contributed by atoms with Gasteiger partial charge in [-0.15, -0.1) is 0 Å². The molecule has 1 aromatic carbocycles. The lowest BCUT2D eigenvalue weighted by Gasteiger charge is -2.10. The lowest BCUT2D eigenvalue weighted by molar-refractivity contribution is -0.121. The Morgan fingerprint density at radius 2 is 2.00 bits per heavy atom. The molecule has 126 valence electrons. The number of pyridine rings is 1. The Kier molecular flexibility index (Phi) is 5.08. The minimum atomic E-state index is 0.0968. The van der Waals surface area contributed by atoms with Gasteiger partial charge in [0.15, 0.2) is 0 Å². The van der Waals surface area contributed by atoms with Gasteiger partial charge in [0.25, 0.3) is 0 Å². The normalized spacial score (nSPS) is 11.2. The first-order chi connectivity index (χ1) is 11.7. The van der Waals surface area contributed by atoms with Gasteiger partial charge in [-0.25, -0.2) is 4.98 Å². The highest BCUT2D eigenvalue weighted by atomic mass is 16.1. The number of carbonyl (C=O) groups excluding carboxylic acids is 1. The molecule has 2 heterocycles. The van der Waals surface area contributed by atoms with Gasteiger partial charge in [0.1, 0.15) is 11.3 Å². The molecular formula is C19H24N4O. The predicted molar refractivity (Wildman–Crippen MR) is 96.9 cm³/mol. The standard InChI is InChI=1S/C19H24N4O/c1-3-7-17-22-16-13-21-15-9-6-5-8-14(15)19(16)23(17)12-10-18(24)20-11-4-2/h5-6,8-9,13H,3-4,7,10-12H2,1-2H3,(H,20,24). The van der Waals surface area contributed by atoms with Crippen molar-refractivity contribution in [1.82, 2.24) is 19.9 Å². The van der Waals surface area contributed by atoms with Crippen LogP contribution in [0.2, 0.25) is 0 Å². The van der Waals surface area contributed by atoms with Gasteiger partial charge in [0, 0.05) is 31.3 Å². The van der Waals surface area contributed by atoms with Crippen molar-refractivity contribution < 1.29 is 4.79 Å². The molecule has 0 unspecified atom stereocenters. The molecule has 0 aliphatic heterocycles. The van der Waals surface area contributed by atoms with Gasteiger partial charge in [-0.05, 0) is 18.9 Å². The topological polar surface area (TPSA) is 59.8 Å². The number of amides is 1. The third kappa shape index (κ3) is 3.25. The van der Waals surface area contributed by atoms with Gasteiger partial charge < -0.3 is 9.88 Å². The number of nitrogens with one attached hydrogen (secondary N) is 1. The SMILES string of the molecule is CCCNC(=O)CCn1c(CCC)nc2cnc3ccccc3c21. The maximum Gasteiger partial charge on any atom is 0.221 e. The lowest BCUT2D eigenvalue weighted by Crippen LogP contribution is -2.25. The van der Waals surface area contributed by atoms with Crippen LogP contribution in [0.3, 0.4) is 0 Å². The Bertz CT molecular complexity index is 853. The molecule has 0 spiro atoms. The number of hydrogen-bond donors (Lipinski definition) is 1. The second-order valence-electron chi connectivity index (χ2n) is 6.04. The van der Waals surface area contributed by atoms with Crippen LogP contribution >= 0.6 is 0 Å². The third-order valence-corrected chi connectivity index (χ3v) is 4.17. The second kappa shape index (κ2) is 7.43. The van der Waals surface area contributed by atoms with E-state index in [2.05, 4.69) is 34.8 Å². The molecule has 3 rings (SSSR count). The number of fused-ring (bicyclic) bond motifs is 3. The van der Waals surface area contributed by atoms with Crippen LogP contribution in [0.1, 0.15) is 38.9 Å². The Balaban J connectivity index is 2.00. The molecule has 1 amide bonds. The van der Waals surface area contributed by atoms with Crippen molar-refractivity contribution in [3.05, 3.63) is 36.3 Å². The van der Waals surface area contributed by atoms with Crippen LogP contribution in [0.15, 0.2) is 30.5 Å². The van der Waals surface area contributed by atoms with Crippen LogP contribution in [-0.2, 0) is 17.8 Å². The van der Waals surface area contributed by atoms with E-state index in [-0.39, 0.29) is 5.91 Å². The maximum atomic E-state index is 12.0. The van der Waals surface area contributed by atoms with Gasteiger partial charge in [-0.3, -0.25) is 9.78 Å². The van der Waals surface area contributed by atoms with E-state index < -0.39 is 0 Å². The summed E-state index contributed by atoms with van der Waals surface area (Å²) in [6, 6.07) is 8.11. The van der Waals surface area contributed by atoms with Crippen molar-refractivity contribution in [2.45, 2.75) is 46.1 Å². The number of aryl methyl sites for hydroxylation is 2. The predicted octanol–water partition coefficient (Wildman–Crippen LogP) is 3.45. The largest absolute Gasteiger partial charge is 0.356 e. The minimum absolute atomic E-state index is 0.0968. The van der Waals surface area contributed by atoms with Crippen LogP contribution in [-0.4, -0.2) is 27.0 Å². The summed E-state index contributed by atoms with van der Waals surface area (Å²) in [6.07, 6.45) is 5.19. The Morgan fingerprint density at radius 1 is 1.17 bits per heavy atom. The fourth-order valence-corrected chi connectivity index (χ4v) is 3.03. The first kappa shape index (κ1) is 16.4. The van der Waals surface area contributed by atoms with Crippen LogP contribution < -0.4 is 5.32 Å². The van der Waals surface area contributed by atoms with E-state index in [9.17, 15) is 4.79 Å². The van der Waals surface area contributed by atoms with Crippen LogP contribution in [0.5, 0.6) is 0 Å². The fourth-order valence-electron chi connectivity index (χ4n) is 3.03. The van der Waals surface area contributed by atoms with E-state index in [1.807, 2.05) is 24.4 Å². The van der Waals surface area contributed by atoms with Crippen LogP contribution in [0, 0.1) is 0 Å². The monoisotopic (exact) mass is 324 g/mol. The molecule has 0 atom stereocenters. The van der Waals surface area contributed by atoms with Crippen molar-refractivity contribution in [2.75, 3.05) is 6.54 Å². The molecule has 24 heavy (non-hydrogen) atoms. The smallest absolute Gasteiger partial charge is 0.221 e. The minimum Gasteiger partial charge on any atom is -0.356 e. The molecule has 0 aliphatic rings. The summed E-state index contributed by atoms with van der Waals surface area (Å²) in [7, 11) is 0. The summed E-state index contributed by atoms with van der Waals surface area (Å²) in [5.41, 5.74) is 2.96. The Labute approximate surface area is 142 Å². The van der Waals surface area contributed by atoms with E-state index in [0.717, 1.165) is 53.6 Å². The average molecular weight is 324 g/mol. The number of nitrogens with zero attached hydrogens (tertiary/aromatic N) is 3. The molecule has 0 bridgehead atoms. The second-order valence-corrected chi connectivity index (χ2v) is 6.04. The summed E-state index contributed by atoms with van der Waals surface area (Å²) >= 11 is 0. The van der Waals surface area contributed by atoms with Gasteiger partial charge in [-0.1, -0.05) is 32.0 Å². The summed E-state index contributed by atoms with van der Waals surface area (Å²) in [5.74, 6) is 1.13. The van der Waals surface area contributed by atoms with Crippen LogP contribution in [0.4, 0.5) is 0 Å². The molecule has 5 heteroatoms. The summed E-state index contributed by atoms with van der Waals surface area (Å²) in [6.45, 7) is 5.59. The van der Waals surface area contributed by atoms with Crippen molar-refractivity contribution in [3.8, 4) is 0 Å². The van der Waals surface area contributed by atoms with E-state index in [1.54, 1.807) is 0 Å². The highest BCUT2D eigenvalue weighted by Crippen LogP contribution is 2.25. The molecule has 0 saturated heterocycles. The van der Waals surface area contributed by atoms with Gasteiger partial charge >= 0.3 is 0 Å². The molecule has 3 aromatic rings. The highest BCUT2D eigenvalue weighted by Gasteiger charge is 2.14. The molecule has 0 radical (unpaired) electrons. The van der Waals surface area contributed by atoms with E-state index in [1.165, 1.54) is 0 Å². The number of rotatable bonds is 7. The number of carbonyl (C=O) groups is 1. The summed E-state index contributed by atoms with van der Waals surface area (Å²) in [5, 5.41) is 4.04. The van der Waals surface area contributed by atoms with Gasteiger partial charge in [0.2, 0.25) is 5.91 Å². The number of hydrogen-bond acceptors (Lipinski definition) is 3. The van der Waals surface area contributed by atoms with E-state index in [4.69, 9.17) is 4.98 Å². The van der Waals surface area contributed by atoms with Crippen molar-refractivity contribution in [3.63, 3.8) is 0 Å². The lowest BCUT2D eigenvalue weighted by atomic mass is 10.2. The molecular weight excluding hydrogens is 300 g/mol. The Hall–Kier alpha value is -2.43. The van der Waals surface area contributed by atoms with E-state index in [0.29, 0.717) is 13.0 Å². The molecule has 0 aliphatic carbocycles. The van der Waals surface area contributed by atoms with Gasteiger partial charge in [0.05, 0.1) is 17.2 Å². The average Bonchev–Trinajstić information content (AvgIpc) is 2.96. The summed E-state index contributed by atoms with van der Waals surface area (Å²) < 4.78 is 2.20. The Morgan fingerprint density at radius 3 is 2.79 bits per heavy atom. The van der Waals surface area contributed by atoms with Crippen molar-refractivity contribution >= 4 is 27.8 Å². The number of aromatic nitrogens is 3. The van der Waals surface area contributed by atoms with Gasteiger partial charge in [-0.2, -0.15) is 0 Å². The van der Waals surface area contributed by atoms with Crippen molar-refractivity contribution in [2.24, 2.45) is 0 Å². The first-order valence-electron chi connectivity index (χ1n) is 8.74. The molecule has 2 aromatic heterocycles. The number of benzene rings is 1. The number of para-hydroxylation sites is 1. The molecule has 5 nitrogen and oxygen atoms in total. The zero-order chi connectivity index (χ0) is 16.9. The zero-order valence-corrected chi connectivity index (χ0v) is 14.4.